The fourth-order valence-electron chi connectivity index (χ4n) is 3.99. The summed E-state index contributed by atoms with van der Waals surface area (Å²) in [5.41, 5.74) is 7.25. The first-order chi connectivity index (χ1) is 16.2. The summed E-state index contributed by atoms with van der Waals surface area (Å²) < 4.78 is 7.92. The van der Waals surface area contributed by atoms with Crippen molar-refractivity contribution in [2.75, 3.05) is 17.3 Å². The molecule has 0 fully saturated rings. The highest BCUT2D eigenvalue weighted by Crippen LogP contribution is 2.33. The minimum absolute atomic E-state index is 0.171. The van der Waals surface area contributed by atoms with Crippen molar-refractivity contribution >= 4 is 11.6 Å². The quantitative estimate of drug-likeness (QED) is 0.389. The van der Waals surface area contributed by atoms with Crippen LogP contribution in [-0.2, 0) is 4.79 Å². The largest absolute Gasteiger partial charge is 0.457 e. The number of hydrogen-bond acceptors (Lipinski definition) is 4. The van der Waals surface area contributed by atoms with Crippen LogP contribution >= 0.6 is 0 Å². The average Bonchev–Trinajstić information content (AvgIpc) is 3.30. The number of carbonyl (C=O) groups is 1. The number of carbonyl (C=O) groups excluding carboxylic acids is 1. The Balaban J connectivity index is 1.35. The zero-order chi connectivity index (χ0) is 22.6. The van der Waals surface area contributed by atoms with Gasteiger partial charge in [0.05, 0.1) is 11.9 Å². The molecule has 3 aromatic carbocycles. The molecule has 1 unspecified atom stereocenters. The van der Waals surface area contributed by atoms with Gasteiger partial charge in [-0.05, 0) is 66.6 Å². The molecule has 0 radical (unpaired) electrons. The van der Waals surface area contributed by atoms with Gasteiger partial charge in [-0.3, -0.25) is 9.47 Å². The van der Waals surface area contributed by atoms with Crippen molar-refractivity contribution < 1.29 is 9.53 Å². The van der Waals surface area contributed by atoms with Gasteiger partial charge in [-0.2, -0.15) is 0 Å². The van der Waals surface area contributed by atoms with Crippen molar-refractivity contribution in [3.05, 3.63) is 109 Å². The third-order valence-electron chi connectivity index (χ3n) is 5.66. The molecule has 2 heterocycles. The lowest BCUT2D eigenvalue weighted by Gasteiger charge is -2.25. The highest BCUT2D eigenvalue weighted by atomic mass is 16.5. The second kappa shape index (κ2) is 9.04. The number of para-hydroxylation sites is 1. The molecule has 0 aliphatic carbocycles. The molecule has 1 aliphatic rings. The van der Waals surface area contributed by atoms with E-state index in [2.05, 4.69) is 17.3 Å². The van der Waals surface area contributed by atoms with E-state index in [4.69, 9.17) is 9.72 Å². The van der Waals surface area contributed by atoms with E-state index in [1.807, 2.05) is 89.7 Å². The van der Waals surface area contributed by atoms with E-state index >= 15 is 0 Å². The molecule has 164 valence electrons. The van der Waals surface area contributed by atoms with Crippen molar-refractivity contribution in [1.29, 1.82) is 0 Å². The fraction of sp³-hybridized carbons (Fsp3) is 0.111. The van der Waals surface area contributed by atoms with Crippen molar-refractivity contribution in [2.24, 2.45) is 0 Å². The third kappa shape index (κ3) is 4.50. The number of hydrogen-bond donors (Lipinski definition) is 2. The maximum Gasteiger partial charge on any atom is 0.247 e. The zero-order valence-electron chi connectivity index (χ0n) is 18.1. The van der Waals surface area contributed by atoms with Gasteiger partial charge in [0.15, 0.2) is 0 Å². The predicted octanol–water partition coefficient (Wildman–Crippen LogP) is 5.55. The fourth-order valence-corrected chi connectivity index (χ4v) is 3.99. The molecule has 1 aromatic heterocycles. The molecule has 33 heavy (non-hydrogen) atoms. The van der Waals surface area contributed by atoms with E-state index in [0.29, 0.717) is 0 Å². The van der Waals surface area contributed by atoms with E-state index < -0.39 is 0 Å². The summed E-state index contributed by atoms with van der Waals surface area (Å²) in [5.74, 6) is 2.52. The van der Waals surface area contributed by atoms with Crippen LogP contribution in [0.3, 0.4) is 0 Å². The van der Waals surface area contributed by atoms with Crippen LogP contribution < -0.4 is 15.5 Å². The summed E-state index contributed by atoms with van der Waals surface area (Å²) in [6.45, 7) is 4.34. The molecule has 0 saturated carbocycles. The van der Waals surface area contributed by atoms with Crippen LogP contribution in [0.25, 0.3) is 11.3 Å². The van der Waals surface area contributed by atoms with Gasteiger partial charge in [-0.15, -0.1) is 0 Å². The van der Waals surface area contributed by atoms with Crippen LogP contribution in [-0.4, -0.2) is 22.1 Å². The van der Waals surface area contributed by atoms with Gasteiger partial charge in [0.2, 0.25) is 5.91 Å². The number of benzene rings is 3. The van der Waals surface area contributed by atoms with Gasteiger partial charge in [-0.1, -0.05) is 36.9 Å². The molecule has 6 nitrogen and oxygen atoms in total. The Hall–Kier alpha value is -4.32. The number of aromatic nitrogens is 2. The second-order valence-electron chi connectivity index (χ2n) is 7.86. The maximum atomic E-state index is 11.5. The van der Waals surface area contributed by atoms with Crippen molar-refractivity contribution in [3.63, 3.8) is 0 Å². The molecule has 4 aromatic rings. The Morgan fingerprint density at radius 1 is 1.03 bits per heavy atom. The number of imidazole rings is 1. The van der Waals surface area contributed by atoms with Gasteiger partial charge in [0.25, 0.3) is 0 Å². The van der Waals surface area contributed by atoms with Gasteiger partial charge in [0.1, 0.15) is 17.3 Å². The first-order valence-corrected chi connectivity index (χ1v) is 10.9. The normalized spacial score (nSPS) is 14.6. The van der Waals surface area contributed by atoms with Crippen molar-refractivity contribution in [3.8, 4) is 22.8 Å². The molecular formula is C27H24N4O2. The first kappa shape index (κ1) is 20.6. The lowest BCUT2D eigenvalue weighted by molar-refractivity contribution is -0.111. The Kier molecular flexibility index (Phi) is 5.64. The number of rotatable bonds is 6. The van der Waals surface area contributed by atoms with Gasteiger partial charge in [0, 0.05) is 23.7 Å². The summed E-state index contributed by atoms with van der Waals surface area (Å²) in [7, 11) is 0. The Bertz CT molecular complexity index is 1260. The molecule has 6 heteroatoms. The molecule has 0 spiro atoms. The number of fused-ring (bicyclic) bond motifs is 1. The van der Waals surface area contributed by atoms with Crippen LogP contribution in [0.4, 0.5) is 5.69 Å². The highest BCUT2D eigenvalue weighted by molar-refractivity contribution is 5.98. The van der Waals surface area contributed by atoms with Gasteiger partial charge in [-0.25, -0.2) is 4.98 Å². The molecule has 1 amide bonds. The van der Waals surface area contributed by atoms with Crippen LogP contribution in [0, 0.1) is 0 Å². The Morgan fingerprint density at radius 3 is 2.48 bits per heavy atom. The smallest absolute Gasteiger partial charge is 0.247 e. The Morgan fingerprint density at radius 2 is 1.76 bits per heavy atom. The number of amides is 1. The SMILES string of the molecule is C=CC(=O)Nc1ccc(C2CCNn3cc(-c4ccc(Oc5ccccc5)cc4)nc32)cc1. The summed E-state index contributed by atoms with van der Waals surface area (Å²) in [6, 6.07) is 25.6. The monoisotopic (exact) mass is 436 g/mol. The van der Waals surface area contributed by atoms with E-state index in [1.54, 1.807) is 0 Å². The standard InChI is InChI=1S/C27H24N4O2/c1-2-26(32)29-21-12-8-19(9-13-21)24-16-17-28-31-18-25(30-27(24)31)20-10-14-23(15-11-20)33-22-6-4-3-5-7-22/h2-15,18,24,28H,1,16-17H2,(H,29,32). The predicted molar refractivity (Wildman–Crippen MR) is 130 cm³/mol. The number of ether oxygens (including phenoxy) is 1. The zero-order valence-corrected chi connectivity index (χ0v) is 18.1. The Labute approximate surface area is 192 Å². The van der Waals surface area contributed by atoms with Crippen LogP contribution in [0.1, 0.15) is 23.7 Å². The van der Waals surface area contributed by atoms with E-state index in [1.165, 1.54) is 6.08 Å². The van der Waals surface area contributed by atoms with E-state index in [9.17, 15) is 4.79 Å². The third-order valence-corrected chi connectivity index (χ3v) is 5.66. The molecule has 0 bridgehead atoms. The van der Waals surface area contributed by atoms with Crippen LogP contribution in [0.2, 0.25) is 0 Å². The van der Waals surface area contributed by atoms with Crippen LogP contribution in [0.15, 0.2) is 97.7 Å². The molecule has 2 N–H and O–H groups in total. The maximum absolute atomic E-state index is 11.5. The average molecular weight is 437 g/mol. The topological polar surface area (TPSA) is 68.2 Å². The second-order valence-corrected chi connectivity index (χ2v) is 7.86. The molecule has 1 atom stereocenters. The van der Waals surface area contributed by atoms with Crippen LogP contribution in [0.5, 0.6) is 11.5 Å². The minimum atomic E-state index is -0.218. The molecule has 1 aliphatic heterocycles. The first-order valence-electron chi connectivity index (χ1n) is 10.9. The van der Waals surface area contributed by atoms with Gasteiger partial charge >= 0.3 is 0 Å². The van der Waals surface area contributed by atoms with E-state index in [-0.39, 0.29) is 11.8 Å². The van der Waals surface area contributed by atoms with E-state index in [0.717, 1.165) is 52.8 Å². The molecule has 5 rings (SSSR count). The highest BCUT2D eigenvalue weighted by Gasteiger charge is 2.25. The number of anilines is 1. The lowest BCUT2D eigenvalue weighted by Crippen LogP contribution is -2.27. The molecule has 0 saturated heterocycles. The van der Waals surface area contributed by atoms with Gasteiger partial charge < -0.3 is 15.5 Å². The summed E-state index contributed by atoms with van der Waals surface area (Å²) in [4.78, 5) is 16.5. The number of nitrogens with zero attached hydrogens (tertiary/aromatic N) is 2. The summed E-state index contributed by atoms with van der Waals surface area (Å²) in [5, 5.41) is 2.79. The minimum Gasteiger partial charge on any atom is -0.457 e. The summed E-state index contributed by atoms with van der Waals surface area (Å²) >= 11 is 0. The molecular weight excluding hydrogens is 412 g/mol. The lowest BCUT2D eigenvalue weighted by atomic mass is 9.94. The van der Waals surface area contributed by atoms with Crippen molar-refractivity contribution in [1.82, 2.24) is 9.66 Å². The number of nitrogens with one attached hydrogen (secondary N) is 2. The summed E-state index contributed by atoms with van der Waals surface area (Å²) in [6.07, 6.45) is 4.24. The van der Waals surface area contributed by atoms with Crippen molar-refractivity contribution in [2.45, 2.75) is 12.3 Å².